The summed E-state index contributed by atoms with van der Waals surface area (Å²) in [5.41, 5.74) is 1.95. The predicted octanol–water partition coefficient (Wildman–Crippen LogP) is 1.88. The van der Waals surface area contributed by atoms with E-state index in [0.717, 1.165) is 43.1 Å². The van der Waals surface area contributed by atoms with Crippen LogP contribution in [0.2, 0.25) is 0 Å². The van der Waals surface area contributed by atoms with Gasteiger partial charge in [-0.2, -0.15) is 0 Å². The van der Waals surface area contributed by atoms with Crippen LogP contribution in [0, 0.1) is 0 Å². The van der Waals surface area contributed by atoms with Crippen LogP contribution < -0.4 is 10.1 Å². The summed E-state index contributed by atoms with van der Waals surface area (Å²) in [7, 11) is 0. The summed E-state index contributed by atoms with van der Waals surface area (Å²) in [5.74, 6) is 0.888. The number of hydrogen-bond donors (Lipinski definition) is 1. The largest absolute Gasteiger partial charge is 0.494 e. The van der Waals surface area contributed by atoms with Crippen LogP contribution in [0.5, 0.6) is 5.75 Å². The van der Waals surface area contributed by atoms with Gasteiger partial charge in [-0.1, -0.05) is 24.3 Å². The van der Waals surface area contributed by atoms with Crippen molar-refractivity contribution in [1.82, 2.24) is 20.3 Å². The molecule has 0 unspecified atom stereocenters. The Morgan fingerprint density at radius 2 is 2.32 bits per heavy atom. The smallest absolute Gasteiger partial charge is 0.119 e. The molecule has 0 bridgehead atoms. The van der Waals surface area contributed by atoms with E-state index in [9.17, 15) is 0 Å². The van der Waals surface area contributed by atoms with Crippen LogP contribution in [0.3, 0.4) is 0 Å². The van der Waals surface area contributed by atoms with E-state index < -0.39 is 0 Å². The van der Waals surface area contributed by atoms with Crippen molar-refractivity contribution >= 4 is 0 Å². The SMILES string of the molecule is CCCOc1cccc(-c2cn(C3CNC3)nn2)c1. The van der Waals surface area contributed by atoms with Crippen molar-refractivity contribution in [2.45, 2.75) is 19.4 Å². The van der Waals surface area contributed by atoms with E-state index in [-0.39, 0.29) is 0 Å². The van der Waals surface area contributed by atoms with Gasteiger partial charge in [0.15, 0.2) is 0 Å². The highest BCUT2D eigenvalue weighted by atomic mass is 16.5. The Morgan fingerprint density at radius 1 is 1.42 bits per heavy atom. The van der Waals surface area contributed by atoms with Crippen LogP contribution in [0.25, 0.3) is 11.3 Å². The molecular formula is C14H18N4O. The molecule has 0 atom stereocenters. The summed E-state index contributed by atoms with van der Waals surface area (Å²) in [5, 5.41) is 11.7. The summed E-state index contributed by atoms with van der Waals surface area (Å²) >= 11 is 0. The Morgan fingerprint density at radius 3 is 3.05 bits per heavy atom. The fraction of sp³-hybridized carbons (Fsp3) is 0.429. The van der Waals surface area contributed by atoms with Crippen molar-refractivity contribution in [3.05, 3.63) is 30.5 Å². The van der Waals surface area contributed by atoms with Crippen LogP contribution in [-0.2, 0) is 0 Å². The van der Waals surface area contributed by atoms with E-state index in [1.54, 1.807) is 0 Å². The van der Waals surface area contributed by atoms with Crippen LogP contribution in [-0.4, -0.2) is 34.7 Å². The van der Waals surface area contributed by atoms with Crippen molar-refractivity contribution in [3.63, 3.8) is 0 Å². The van der Waals surface area contributed by atoms with Crippen LogP contribution in [0.15, 0.2) is 30.5 Å². The maximum absolute atomic E-state index is 5.64. The molecule has 0 radical (unpaired) electrons. The Hall–Kier alpha value is -1.88. The highest BCUT2D eigenvalue weighted by molar-refractivity contribution is 5.59. The minimum Gasteiger partial charge on any atom is -0.494 e. The molecule has 1 aliphatic heterocycles. The number of nitrogens with one attached hydrogen (secondary N) is 1. The van der Waals surface area contributed by atoms with E-state index in [4.69, 9.17) is 4.74 Å². The van der Waals surface area contributed by atoms with Gasteiger partial charge < -0.3 is 10.1 Å². The van der Waals surface area contributed by atoms with Crippen molar-refractivity contribution in [3.8, 4) is 17.0 Å². The second kappa shape index (κ2) is 5.40. The molecule has 1 saturated heterocycles. The van der Waals surface area contributed by atoms with Crippen molar-refractivity contribution < 1.29 is 4.74 Å². The number of aromatic nitrogens is 3. The average Bonchev–Trinajstić information content (AvgIpc) is 2.84. The van der Waals surface area contributed by atoms with Gasteiger partial charge in [-0.25, -0.2) is 4.68 Å². The van der Waals surface area contributed by atoms with Gasteiger partial charge in [-0.05, 0) is 18.6 Å². The summed E-state index contributed by atoms with van der Waals surface area (Å²) in [6, 6.07) is 8.46. The zero-order valence-corrected chi connectivity index (χ0v) is 11.0. The number of nitrogens with zero attached hydrogens (tertiary/aromatic N) is 3. The zero-order chi connectivity index (χ0) is 13.1. The molecule has 0 spiro atoms. The van der Waals surface area contributed by atoms with Crippen molar-refractivity contribution in [2.24, 2.45) is 0 Å². The molecule has 2 aromatic rings. The molecule has 5 nitrogen and oxygen atoms in total. The van der Waals surface area contributed by atoms with E-state index >= 15 is 0 Å². The Kier molecular flexibility index (Phi) is 3.46. The maximum Gasteiger partial charge on any atom is 0.119 e. The first-order valence-electron chi connectivity index (χ1n) is 6.72. The first-order valence-corrected chi connectivity index (χ1v) is 6.72. The van der Waals surface area contributed by atoms with Gasteiger partial charge in [0.25, 0.3) is 0 Å². The zero-order valence-electron chi connectivity index (χ0n) is 11.0. The monoisotopic (exact) mass is 258 g/mol. The standard InChI is InChI=1S/C14H18N4O/c1-2-6-19-13-5-3-4-11(7-13)14-10-18(17-16-14)12-8-15-9-12/h3-5,7,10,12,15H,2,6,8-9H2,1H3. The summed E-state index contributed by atoms with van der Waals surface area (Å²) < 4.78 is 7.57. The molecule has 1 aromatic carbocycles. The van der Waals surface area contributed by atoms with Crippen LogP contribution in [0.4, 0.5) is 0 Å². The lowest BCUT2D eigenvalue weighted by molar-refractivity contribution is 0.313. The van der Waals surface area contributed by atoms with Crippen LogP contribution >= 0.6 is 0 Å². The van der Waals surface area contributed by atoms with Gasteiger partial charge in [-0.15, -0.1) is 5.10 Å². The molecule has 3 rings (SSSR count). The maximum atomic E-state index is 5.64. The molecule has 1 N–H and O–H groups in total. The van der Waals surface area contributed by atoms with Gasteiger partial charge in [-0.3, -0.25) is 0 Å². The van der Waals surface area contributed by atoms with Gasteiger partial charge in [0.1, 0.15) is 11.4 Å². The van der Waals surface area contributed by atoms with Crippen molar-refractivity contribution in [1.29, 1.82) is 0 Å². The minimum atomic E-state index is 0.445. The quantitative estimate of drug-likeness (QED) is 0.889. The molecule has 2 heterocycles. The molecule has 0 amide bonds. The second-order valence-electron chi connectivity index (χ2n) is 4.77. The summed E-state index contributed by atoms with van der Waals surface area (Å²) in [6.45, 7) is 4.79. The molecule has 0 saturated carbocycles. The average molecular weight is 258 g/mol. The highest BCUT2D eigenvalue weighted by Crippen LogP contribution is 2.23. The predicted molar refractivity (Wildman–Crippen MR) is 73.2 cm³/mol. The topological polar surface area (TPSA) is 52.0 Å². The Labute approximate surface area is 112 Å². The molecule has 5 heteroatoms. The lowest BCUT2D eigenvalue weighted by Gasteiger charge is -2.26. The fourth-order valence-corrected chi connectivity index (χ4v) is 2.01. The molecule has 0 aliphatic carbocycles. The number of ether oxygens (including phenoxy) is 1. The number of rotatable bonds is 5. The summed E-state index contributed by atoms with van der Waals surface area (Å²) in [6.07, 6.45) is 3.01. The van der Waals surface area contributed by atoms with E-state index in [1.807, 2.05) is 35.1 Å². The molecule has 1 aliphatic rings. The molecular weight excluding hydrogens is 240 g/mol. The summed E-state index contributed by atoms with van der Waals surface area (Å²) in [4.78, 5) is 0. The molecule has 100 valence electrons. The third-order valence-electron chi connectivity index (χ3n) is 3.25. The van der Waals surface area contributed by atoms with Gasteiger partial charge in [0.05, 0.1) is 18.8 Å². The normalized spacial score (nSPS) is 15.2. The van der Waals surface area contributed by atoms with Gasteiger partial charge in [0.2, 0.25) is 0 Å². The van der Waals surface area contributed by atoms with Gasteiger partial charge in [0, 0.05) is 18.7 Å². The van der Waals surface area contributed by atoms with E-state index in [2.05, 4.69) is 22.6 Å². The first-order chi connectivity index (χ1) is 9.36. The van der Waals surface area contributed by atoms with Crippen molar-refractivity contribution in [2.75, 3.05) is 19.7 Å². The number of benzene rings is 1. The van der Waals surface area contributed by atoms with Gasteiger partial charge >= 0.3 is 0 Å². The lowest BCUT2D eigenvalue weighted by atomic mass is 10.1. The minimum absolute atomic E-state index is 0.445. The molecule has 1 fully saturated rings. The third-order valence-corrected chi connectivity index (χ3v) is 3.25. The third kappa shape index (κ3) is 2.61. The van der Waals surface area contributed by atoms with E-state index in [0.29, 0.717) is 6.04 Å². The molecule has 1 aromatic heterocycles. The van der Waals surface area contributed by atoms with Crippen LogP contribution in [0.1, 0.15) is 19.4 Å². The number of hydrogen-bond acceptors (Lipinski definition) is 4. The second-order valence-corrected chi connectivity index (χ2v) is 4.77. The highest BCUT2D eigenvalue weighted by Gasteiger charge is 2.20. The Bertz CT molecular complexity index is 548. The lowest BCUT2D eigenvalue weighted by Crippen LogP contribution is -2.43. The fourth-order valence-electron chi connectivity index (χ4n) is 2.01. The Balaban J connectivity index is 1.78. The molecule has 19 heavy (non-hydrogen) atoms. The first kappa shape index (κ1) is 12.2. The van der Waals surface area contributed by atoms with E-state index in [1.165, 1.54) is 0 Å².